The summed E-state index contributed by atoms with van der Waals surface area (Å²) in [6, 6.07) is 6.18. The standard InChI is InChI=1S/C12H14ClNO4S.Li/c13-10-5-1-2-6-11(10)19(17,18)14-7-3-4-9(8-14)12(15)16;/h1-2,5-6,9H,3-4,7-8H2,(H,15,16);. The average Bonchev–Trinajstić information content (AvgIpc) is 2.39. The second-order valence-corrected chi connectivity index (χ2v) is 6.78. The molecule has 1 aromatic carbocycles. The zero-order chi connectivity index (χ0) is 14.0. The van der Waals surface area contributed by atoms with E-state index in [2.05, 4.69) is 0 Å². The first-order valence-electron chi connectivity index (χ1n) is 5.90. The van der Waals surface area contributed by atoms with Crippen molar-refractivity contribution in [3.8, 4) is 0 Å². The van der Waals surface area contributed by atoms with Gasteiger partial charge in [0.15, 0.2) is 0 Å². The molecule has 5 nitrogen and oxygen atoms in total. The molecular formula is C12H14ClLiNO4S. The third kappa shape index (κ3) is 3.57. The van der Waals surface area contributed by atoms with Crippen LogP contribution in [0.15, 0.2) is 29.2 Å². The van der Waals surface area contributed by atoms with Crippen molar-refractivity contribution in [2.45, 2.75) is 17.7 Å². The number of nitrogens with zero attached hydrogens (tertiary/aromatic N) is 1. The van der Waals surface area contributed by atoms with Crippen LogP contribution in [0.4, 0.5) is 0 Å². The van der Waals surface area contributed by atoms with Gasteiger partial charge in [-0.1, -0.05) is 23.7 Å². The zero-order valence-corrected chi connectivity index (χ0v) is 12.7. The molecule has 1 atom stereocenters. The van der Waals surface area contributed by atoms with Gasteiger partial charge < -0.3 is 5.11 Å². The van der Waals surface area contributed by atoms with Crippen molar-refractivity contribution in [2.24, 2.45) is 5.92 Å². The first-order valence-corrected chi connectivity index (χ1v) is 7.72. The summed E-state index contributed by atoms with van der Waals surface area (Å²) in [5.74, 6) is -1.61. The number of carboxylic acids is 1. The van der Waals surface area contributed by atoms with Crippen LogP contribution in [-0.4, -0.2) is 55.7 Å². The quantitative estimate of drug-likeness (QED) is 0.857. The molecule has 2 rings (SSSR count). The summed E-state index contributed by atoms with van der Waals surface area (Å²) in [7, 11) is -3.72. The number of sulfonamides is 1. The van der Waals surface area contributed by atoms with Gasteiger partial charge in [-0.2, -0.15) is 4.31 Å². The van der Waals surface area contributed by atoms with Crippen molar-refractivity contribution in [3.63, 3.8) is 0 Å². The van der Waals surface area contributed by atoms with Crippen LogP contribution in [0, 0.1) is 5.92 Å². The third-order valence-electron chi connectivity index (χ3n) is 3.19. The second-order valence-electron chi connectivity index (χ2n) is 4.47. The molecule has 1 unspecified atom stereocenters. The predicted octanol–water partition coefficient (Wildman–Crippen LogP) is 1.44. The van der Waals surface area contributed by atoms with Crippen LogP contribution < -0.4 is 0 Å². The number of carbonyl (C=O) groups is 1. The van der Waals surface area contributed by atoms with E-state index < -0.39 is 21.9 Å². The maximum atomic E-state index is 12.4. The molecule has 0 bridgehead atoms. The Balaban J connectivity index is 0.00000200. The van der Waals surface area contributed by atoms with Crippen LogP contribution in [-0.2, 0) is 14.8 Å². The van der Waals surface area contributed by atoms with E-state index in [1.165, 1.54) is 16.4 Å². The summed E-state index contributed by atoms with van der Waals surface area (Å²) in [5.41, 5.74) is 0. The molecule has 1 aliphatic heterocycles. The minimum Gasteiger partial charge on any atom is -0.481 e. The fourth-order valence-corrected chi connectivity index (χ4v) is 4.17. The summed E-state index contributed by atoms with van der Waals surface area (Å²) in [6.07, 6.45) is 1.05. The van der Waals surface area contributed by atoms with Crippen LogP contribution in [0.3, 0.4) is 0 Å². The molecule has 1 saturated heterocycles. The van der Waals surface area contributed by atoms with E-state index >= 15 is 0 Å². The second kappa shape index (κ2) is 6.97. The Kier molecular flexibility index (Phi) is 6.11. The van der Waals surface area contributed by atoms with Gasteiger partial charge in [-0.05, 0) is 25.0 Å². The van der Waals surface area contributed by atoms with Crippen molar-refractivity contribution in [1.29, 1.82) is 0 Å². The minimum atomic E-state index is -3.72. The third-order valence-corrected chi connectivity index (χ3v) is 5.55. The summed E-state index contributed by atoms with van der Waals surface area (Å²) < 4.78 is 26.1. The zero-order valence-electron chi connectivity index (χ0n) is 11.1. The largest absolute Gasteiger partial charge is 0.481 e. The summed E-state index contributed by atoms with van der Waals surface area (Å²) in [4.78, 5) is 11.0. The number of aliphatic carboxylic acids is 1. The first-order chi connectivity index (χ1) is 8.93. The molecule has 8 heteroatoms. The molecule has 1 radical (unpaired) electrons. The normalized spacial score (nSPS) is 20.1. The average molecular weight is 311 g/mol. The monoisotopic (exact) mass is 310 g/mol. The molecule has 20 heavy (non-hydrogen) atoms. The molecule has 1 N–H and O–H groups in total. The maximum Gasteiger partial charge on any atom is 0.307 e. The van der Waals surface area contributed by atoms with Crippen molar-refractivity contribution < 1.29 is 18.3 Å². The van der Waals surface area contributed by atoms with Crippen molar-refractivity contribution >= 4 is 46.5 Å². The van der Waals surface area contributed by atoms with Crippen molar-refractivity contribution in [2.75, 3.05) is 13.1 Å². The van der Waals surface area contributed by atoms with E-state index in [-0.39, 0.29) is 35.3 Å². The van der Waals surface area contributed by atoms with Crippen LogP contribution in [0.1, 0.15) is 12.8 Å². The van der Waals surface area contributed by atoms with Crippen LogP contribution in [0.2, 0.25) is 5.02 Å². The van der Waals surface area contributed by atoms with Gasteiger partial charge in [0.1, 0.15) is 4.90 Å². The van der Waals surface area contributed by atoms with Gasteiger partial charge in [0.25, 0.3) is 0 Å². The molecule has 1 aromatic rings. The minimum absolute atomic E-state index is 0. The topological polar surface area (TPSA) is 74.7 Å². The number of halogens is 1. The number of carboxylic acid groups (broad SMARTS) is 1. The SMILES string of the molecule is O=C(O)C1CCCN(S(=O)(=O)c2ccccc2Cl)C1.[Li]. The molecule has 0 aliphatic carbocycles. The Bertz CT molecular complexity index is 593. The molecule has 1 aliphatic rings. The Labute approximate surface area is 135 Å². The molecule has 1 fully saturated rings. The van der Waals surface area contributed by atoms with Gasteiger partial charge in [0, 0.05) is 32.0 Å². The van der Waals surface area contributed by atoms with E-state index in [1.54, 1.807) is 12.1 Å². The van der Waals surface area contributed by atoms with E-state index in [0.29, 0.717) is 19.4 Å². The molecule has 1 heterocycles. The smallest absolute Gasteiger partial charge is 0.307 e. The number of hydrogen-bond donors (Lipinski definition) is 1. The fraction of sp³-hybridized carbons (Fsp3) is 0.417. The maximum absolute atomic E-state index is 12.4. The molecule has 0 spiro atoms. The van der Waals surface area contributed by atoms with E-state index in [9.17, 15) is 13.2 Å². The van der Waals surface area contributed by atoms with Gasteiger partial charge in [-0.25, -0.2) is 8.42 Å². The van der Waals surface area contributed by atoms with Gasteiger partial charge >= 0.3 is 5.97 Å². The predicted molar refractivity (Wildman–Crippen MR) is 76.3 cm³/mol. The molecule has 0 saturated carbocycles. The van der Waals surface area contributed by atoms with E-state index in [4.69, 9.17) is 16.7 Å². The van der Waals surface area contributed by atoms with Gasteiger partial charge in [-0.3, -0.25) is 4.79 Å². The Morgan fingerprint density at radius 2 is 2.00 bits per heavy atom. The Morgan fingerprint density at radius 1 is 1.35 bits per heavy atom. The summed E-state index contributed by atoms with van der Waals surface area (Å²) >= 11 is 5.90. The van der Waals surface area contributed by atoms with Crippen LogP contribution in [0.5, 0.6) is 0 Å². The van der Waals surface area contributed by atoms with Crippen molar-refractivity contribution in [1.82, 2.24) is 4.31 Å². The molecular weight excluding hydrogens is 297 g/mol. The van der Waals surface area contributed by atoms with Crippen LogP contribution in [0.25, 0.3) is 0 Å². The number of piperidine rings is 1. The Hall–Kier alpha value is -0.513. The van der Waals surface area contributed by atoms with E-state index in [1.807, 2.05) is 0 Å². The first kappa shape index (κ1) is 17.5. The Morgan fingerprint density at radius 3 is 2.60 bits per heavy atom. The van der Waals surface area contributed by atoms with E-state index in [0.717, 1.165) is 0 Å². The van der Waals surface area contributed by atoms with Gasteiger partial charge in [0.05, 0.1) is 10.9 Å². The number of benzene rings is 1. The summed E-state index contributed by atoms with van der Waals surface area (Å²) in [6.45, 7) is 0.334. The molecule has 0 aromatic heterocycles. The summed E-state index contributed by atoms with van der Waals surface area (Å²) in [5, 5.41) is 9.15. The van der Waals surface area contributed by atoms with Gasteiger partial charge in [0.2, 0.25) is 10.0 Å². The van der Waals surface area contributed by atoms with Crippen LogP contribution >= 0.6 is 11.6 Å². The van der Waals surface area contributed by atoms with Gasteiger partial charge in [-0.15, -0.1) is 0 Å². The number of hydrogen-bond acceptors (Lipinski definition) is 3. The van der Waals surface area contributed by atoms with Crippen molar-refractivity contribution in [3.05, 3.63) is 29.3 Å². The molecule has 105 valence electrons. The molecule has 0 amide bonds. The fourth-order valence-electron chi connectivity index (χ4n) is 2.16. The number of rotatable bonds is 3.